The van der Waals surface area contributed by atoms with Crippen LogP contribution in [0.25, 0.3) is 0 Å². The predicted molar refractivity (Wildman–Crippen MR) is 40.1 cm³/mol. The van der Waals surface area contributed by atoms with Gasteiger partial charge in [0.1, 0.15) is 0 Å². The Morgan fingerprint density at radius 2 is 2.00 bits per heavy atom. The molecular formula is C9H14. The summed E-state index contributed by atoms with van der Waals surface area (Å²) in [4.78, 5) is 0. The fourth-order valence-corrected chi connectivity index (χ4v) is 1.40. The Balaban J connectivity index is 2.59. The van der Waals surface area contributed by atoms with Gasteiger partial charge < -0.3 is 0 Å². The van der Waals surface area contributed by atoms with Crippen LogP contribution in [0.3, 0.4) is 0 Å². The predicted octanol–water partition coefficient (Wildman–Crippen LogP) is 2.98. The maximum absolute atomic E-state index is 5.54. The van der Waals surface area contributed by atoms with Crippen molar-refractivity contribution in [3.63, 3.8) is 0 Å². The minimum absolute atomic E-state index is 0.784. The van der Waals surface area contributed by atoms with Crippen molar-refractivity contribution in [2.45, 2.75) is 39.0 Å². The summed E-state index contributed by atoms with van der Waals surface area (Å²) in [6.45, 7) is 7.75. The lowest BCUT2D eigenvalue weighted by atomic mass is 9.91. The van der Waals surface area contributed by atoms with E-state index in [1.54, 1.807) is 5.57 Å². The lowest BCUT2D eigenvalue weighted by Gasteiger charge is -2.15. The molecule has 0 saturated heterocycles. The molecule has 1 rings (SSSR count). The Hall–Kier alpha value is -0.260. The SMILES string of the molecule is [CH]CC1=C(C)CCCC1. The van der Waals surface area contributed by atoms with E-state index >= 15 is 0 Å². The third-order valence-electron chi connectivity index (χ3n) is 2.13. The summed E-state index contributed by atoms with van der Waals surface area (Å²) in [7, 11) is 0. The number of allylic oxidation sites excluding steroid dienone is 2. The van der Waals surface area contributed by atoms with Crippen molar-refractivity contribution in [1.29, 1.82) is 0 Å². The first kappa shape index (κ1) is 6.85. The molecular weight excluding hydrogens is 108 g/mol. The second-order valence-electron chi connectivity index (χ2n) is 2.80. The van der Waals surface area contributed by atoms with Gasteiger partial charge in [-0.25, -0.2) is 0 Å². The van der Waals surface area contributed by atoms with E-state index in [4.69, 9.17) is 6.92 Å². The number of hydrogen-bond donors (Lipinski definition) is 0. The van der Waals surface area contributed by atoms with Crippen molar-refractivity contribution in [2.75, 3.05) is 0 Å². The molecule has 0 N–H and O–H groups in total. The quantitative estimate of drug-likeness (QED) is 0.469. The van der Waals surface area contributed by atoms with Gasteiger partial charge in [-0.1, -0.05) is 11.1 Å². The van der Waals surface area contributed by atoms with E-state index in [-0.39, 0.29) is 0 Å². The van der Waals surface area contributed by atoms with Gasteiger partial charge in [0.25, 0.3) is 0 Å². The largest absolute Gasteiger partial charge is 0.0741 e. The molecule has 0 saturated carbocycles. The maximum Gasteiger partial charge on any atom is -0.0283 e. The average Bonchev–Trinajstić information content (AvgIpc) is 1.89. The van der Waals surface area contributed by atoms with Gasteiger partial charge >= 0.3 is 0 Å². The monoisotopic (exact) mass is 122 g/mol. The molecule has 0 bridgehead atoms. The van der Waals surface area contributed by atoms with E-state index in [2.05, 4.69) is 6.92 Å². The van der Waals surface area contributed by atoms with Gasteiger partial charge in [0.05, 0.1) is 0 Å². The van der Waals surface area contributed by atoms with Gasteiger partial charge in [-0.3, -0.25) is 0 Å². The Morgan fingerprint density at radius 1 is 1.33 bits per heavy atom. The molecule has 0 fully saturated rings. The highest BCUT2D eigenvalue weighted by Crippen LogP contribution is 2.25. The zero-order valence-electron chi connectivity index (χ0n) is 6.11. The molecule has 50 valence electrons. The molecule has 0 aromatic heterocycles. The van der Waals surface area contributed by atoms with Crippen LogP contribution in [0.2, 0.25) is 0 Å². The molecule has 0 heterocycles. The van der Waals surface area contributed by atoms with Crippen LogP contribution in [0, 0.1) is 6.92 Å². The molecule has 0 spiro atoms. The average molecular weight is 122 g/mol. The smallest absolute Gasteiger partial charge is 0.0283 e. The summed E-state index contributed by atoms with van der Waals surface area (Å²) in [6, 6.07) is 0. The summed E-state index contributed by atoms with van der Waals surface area (Å²) >= 11 is 0. The molecule has 0 aromatic carbocycles. The van der Waals surface area contributed by atoms with E-state index < -0.39 is 0 Å². The zero-order chi connectivity index (χ0) is 6.69. The Labute approximate surface area is 58.0 Å². The summed E-state index contributed by atoms with van der Waals surface area (Å²) < 4.78 is 0. The molecule has 1 aliphatic rings. The van der Waals surface area contributed by atoms with Crippen LogP contribution < -0.4 is 0 Å². The maximum atomic E-state index is 5.54. The van der Waals surface area contributed by atoms with Crippen molar-refractivity contribution in [1.82, 2.24) is 0 Å². The molecule has 0 atom stereocenters. The standard InChI is InChI=1S/C9H14/c1-3-9-7-5-4-6-8(9)2/h1H,3-7H2,2H3. The highest BCUT2D eigenvalue weighted by Gasteiger charge is 2.05. The lowest BCUT2D eigenvalue weighted by molar-refractivity contribution is 0.662. The lowest BCUT2D eigenvalue weighted by Crippen LogP contribution is -1.95. The minimum atomic E-state index is 0.784. The normalized spacial score (nSPS) is 20.7. The fraction of sp³-hybridized carbons (Fsp3) is 0.667. The summed E-state index contributed by atoms with van der Waals surface area (Å²) in [5, 5.41) is 0. The highest BCUT2D eigenvalue weighted by atomic mass is 14.1. The summed E-state index contributed by atoms with van der Waals surface area (Å²) in [6.07, 6.45) is 6.04. The van der Waals surface area contributed by atoms with Crippen molar-refractivity contribution >= 4 is 0 Å². The van der Waals surface area contributed by atoms with Gasteiger partial charge in [-0.05, 0) is 46.0 Å². The van der Waals surface area contributed by atoms with Crippen LogP contribution in [-0.2, 0) is 0 Å². The first-order valence-corrected chi connectivity index (χ1v) is 3.72. The molecule has 2 radical (unpaired) electrons. The fourth-order valence-electron chi connectivity index (χ4n) is 1.40. The van der Waals surface area contributed by atoms with Crippen molar-refractivity contribution in [3.8, 4) is 0 Å². The van der Waals surface area contributed by atoms with Crippen LogP contribution in [0.15, 0.2) is 11.1 Å². The van der Waals surface area contributed by atoms with E-state index in [0.29, 0.717) is 0 Å². The van der Waals surface area contributed by atoms with Gasteiger partial charge in [-0.2, -0.15) is 0 Å². The van der Waals surface area contributed by atoms with Gasteiger partial charge in [0.15, 0.2) is 0 Å². The number of rotatable bonds is 1. The van der Waals surface area contributed by atoms with E-state index in [0.717, 1.165) is 6.42 Å². The second-order valence-corrected chi connectivity index (χ2v) is 2.80. The third kappa shape index (κ3) is 1.57. The van der Waals surface area contributed by atoms with Gasteiger partial charge in [0, 0.05) is 0 Å². The molecule has 0 unspecified atom stereocenters. The minimum Gasteiger partial charge on any atom is -0.0741 e. The van der Waals surface area contributed by atoms with Crippen LogP contribution in [-0.4, -0.2) is 0 Å². The van der Waals surface area contributed by atoms with E-state index in [9.17, 15) is 0 Å². The molecule has 0 aromatic rings. The van der Waals surface area contributed by atoms with Crippen molar-refractivity contribution in [2.24, 2.45) is 0 Å². The van der Waals surface area contributed by atoms with Gasteiger partial charge in [-0.15, -0.1) is 0 Å². The first-order valence-electron chi connectivity index (χ1n) is 3.72. The van der Waals surface area contributed by atoms with Crippen LogP contribution in [0.1, 0.15) is 39.0 Å². The zero-order valence-corrected chi connectivity index (χ0v) is 6.11. The molecule has 0 amide bonds. The summed E-state index contributed by atoms with van der Waals surface area (Å²) in [5.41, 5.74) is 3.05. The van der Waals surface area contributed by atoms with E-state index in [1.807, 2.05) is 0 Å². The topological polar surface area (TPSA) is 0 Å². The number of hydrogen-bond acceptors (Lipinski definition) is 0. The second kappa shape index (κ2) is 3.05. The Morgan fingerprint density at radius 3 is 2.44 bits per heavy atom. The Kier molecular flexibility index (Phi) is 2.32. The van der Waals surface area contributed by atoms with Gasteiger partial charge in [0.2, 0.25) is 0 Å². The Bertz CT molecular complexity index is 120. The summed E-state index contributed by atoms with van der Waals surface area (Å²) in [5.74, 6) is 0. The van der Waals surface area contributed by atoms with Crippen LogP contribution in [0.5, 0.6) is 0 Å². The molecule has 1 aliphatic carbocycles. The molecule has 0 aliphatic heterocycles. The van der Waals surface area contributed by atoms with E-state index in [1.165, 1.54) is 31.3 Å². The van der Waals surface area contributed by atoms with Crippen molar-refractivity contribution < 1.29 is 0 Å². The molecule has 0 nitrogen and oxygen atoms in total. The van der Waals surface area contributed by atoms with Crippen molar-refractivity contribution in [3.05, 3.63) is 18.1 Å². The first-order chi connectivity index (χ1) is 4.34. The molecule has 0 heteroatoms. The third-order valence-corrected chi connectivity index (χ3v) is 2.13. The highest BCUT2D eigenvalue weighted by molar-refractivity contribution is 5.15. The van der Waals surface area contributed by atoms with Crippen LogP contribution in [0.4, 0.5) is 0 Å². The molecule has 9 heavy (non-hydrogen) atoms. The van der Waals surface area contributed by atoms with Crippen LogP contribution >= 0.6 is 0 Å².